The zero-order chi connectivity index (χ0) is 12.3. The maximum Gasteiger partial charge on any atom is 0.254 e. The molecule has 1 aromatic heterocycles. The van der Waals surface area contributed by atoms with E-state index in [9.17, 15) is 4.79 Å². The SMILES string of the molecule is O=C(c1cc(Cl)nc(Cl)c1)N1CCCSCC1. The number of pyridine rings is 1. The number of carbonyl (C=O) groups is 1. The third-order valence-electron chi connectivity index (χ3n) is 2.52. The van der Waals surface area contributed by atoms with Gasteiger partial charge in [0.25, 0.3) is 5.91 Å². The van der Waals surface area contributed by atoms with Crippen LogP contribution < -0.4 is 0 Å². The van der Waals surface area contributed by atoms with E-state index in [-0.39, 0.29) is 16.2 Å². The molecule has 1 amide bonds. The number of hydrogen-bond donors (Lipinski definition) is 0. The minimum Gasteiger partial charge on any atom is -0.338 e. The number of halogens is 2. The molecule has 0 saturated carbocycles. The molecule has 2 heterocycles. The van der Waals surface area contributed by atoms with E-state index < -0.39 is 0 Å². The van der Waals surface area contributed by atoms with Crippen molar-refractivity contribution in [3.05, 3.63) is 28.0 Å². The molecule has 0 spiro atoms. The van der Waals surface area contributed by atoms with Crippen LogP contribution in [-0.4, -0.2) is 40.4 Å². The van der Waals surface area contributed by atoms with Gasteiger partial charge in [0.2, 0.25) is 0 Å². The Bertz CT molecular complexity index is 400. The summed E-state index contributed by atoms with van der Waals surface area (Å²) in [4.78, 5) is 17.9. The van der Waals surface area contributed by atoms with Crippen LogP contribution in [0.3, 0.4) is 0 Å². The summed E-state index contributed by atoms with van der Waals surface area (Å²) >= 11 is 13.5. The highest BCUT2D eigenvalue weighted by Gasteiger charge is 2.18. The molecule has 1 fully saturated rings. The Morgan fingerprint density at radius 3 is 2.65 bits per heavy atom. The molecule has 0 unspecified atom stereocenters. The van der Waals surface area contributed by atoms with Crippen LogP contribution in [0.2, 0.25) is 10.3 Å². The second-order valence-electron chi connectivity index (χ2n) is 3.76. The summed E-state index contributed by atoms with van der Waals surface area (Å²) in [6.07, 6.45) is 1.03. The minimum absolute atomic E-state index is 0.0151. The zero-order valence-electron chi connectivity index (χ0n) is 9.16. The van der Waals surface area contributed by atoms with E-state index in [0.29, 0.717) is 5.56 Å². The molecule has 0 atom stereocenters. The van der Waals surface area contributed by atoms with Crippen molar-refractivity contribution < 1.29 is 4.79 Å². The largest absolute Gasteiger partial charge is 0.338 e. The number of aromatic nitrogens is 1. The van der Waals surface area contributed by atoms with Crippen molar-refractivity contribution >= 4 is 40.9 Å². The first kappa shape index (κ1) is 13.0. The molecular formula is C11H12Cl2N2OS. The van der Waals surface area contributed by atoms with Crippen molar-refractivity contribution in [3.8, 4) is 0 Å². The molecule has 2 rings (SSSR count). The van der Waals surface area contributed by atoms with Gasteiger partial charge >= 0.3 is 0 Å². The van der Waals surface area contributed by atoms with Crippen LogP contribution in [0.5, 0.6) is 0 Å². The van der Waals surface area contributed by atoms with E-state index in [2.05, 4.69) is 4.98 Å². The number of nitrogens with zero attached hydrogens (tertiary/aromatic N) is 2. The van der Waals surface area contributed by atoms with E-state index in [1.165, 1.54) is 0 Å². The lowest BCUT2D eigenvalue weighted by atomic mass is 10.2. The Balaban J connectivity index is 2.17. The lowest BCUT2D eigenvalue weighted by Crippen LogP contribution is -2.32. The zero-order valence-corrected chi connectivity index (χ0v) is 11.5. The molecule has 0 aliphatic carbocycles. The predicted molar refractivity (Wildman–Crippen MR) is 72.1 cm³/mol. The quantitative estimate of drug-likeness (QED) is 0.746. The van der Waals surface area contributed by atoms with Gasteiger partial charge in [-0.2, -0.15) is 11.8 Å². The summed E-state index contributed by atoms with van der Waals surface area (Å²) in [5, 5.41) is 0.509. The highest BCUT2D eigenvalue weighted by atomic mass is 35.5. The molecule has 0 bridgehead atoms. The molecule has 3 nitrogen and oxygen atoms in total. The third kappa shape index (κ3) is 3.50. The lowest BCUT2D eigenvalue weighted by Gasteiger charge is -2.20. The average Bonchev–Trinajstić information content (AvgIpc) is 2.55. The van der Waals surface area contributed by atoms with Crippen molar-refractivity contribution in [2.75, 3.05) is 24.6 Å². The molecule has 6 heteroatoms. The van der Waals surface area contributed by atoms with Gasteiger partial charge in [-0.3, -0.25) is 4.79 Å². The summed E-state index contributed by atoms with van der Waals surface area (Å²) in [7, 11) is 0. The molecule has 1 aromatic rings. The second-order valence-corrected chi connectivity index (χ2v) is 5.76. The second kappa shape index (κ2) is 5.94. The summed E-state index contributed by atoms with van der Waals surface area (Å²) in [5.41, 5.74) is 0.516. The van der Waals surface area contributed by atoms with Gasteiger partial charge in [-0.15, -0.1) is 0 Å². The van der Waals surface area contributed by atoms with Gasteiger partial charge < -0.3 is 4.90 Å². The van der Waals surface area contributed by atoms with Crippen LogP contribution in [0.15, 0.2) is 12.1 Å². The molecule has 0 N–H and O–H groups in total. The fraction of sp³-hybridized carbons (Fsp3) is 0.455. The van der Waals surface area contributed by atoms with Gasteiger partial charge in [-0.1, -0.05) is 23.2 Å². The Kier molecular flexibility index (Phi) is 4.54. The van der Waals surface area contributed by atoms with Gasteiger partial charge in [0.15, 0.2) is 0 Å². The smallest absolute Gasteiger partial charge is 0.254 e. The maximum atomic E-state index is 12.2. The third-order valence-corrected chi connectivity index (χ3v) is 3.96. The van der Waals surface area contributed by atoms with Crippen molar-refractivity contribution in [1.82, 2.24) is 9.88 Å². The summed E-state index contributed by atoms with van der Waals surface area (Å²) < 4.78 is 0. The topological polar surface area (TPSA) is 33.2 Å². The molecular weight excluding hydrogens is 279 g/mol. The summed E-state index contributed by atoms with van der Waals surface area (Å²) in [5.74, 6) is 2.08. The number of amides is 1. The van der Waals surface area contributed by atoms with Crippen LogP contribution in [0.25, 0.3) is 0 Å². The van der Waals surface area contributed by atoms with Crippen LogP contribution in [0.1, 0.15) is 16.8 Å². The normalized spacial score (nSPS) is 16.7. The van der Waals surface area contributed by atoms with Crippen molar-refractivity contribution in [3.63, 3.8) is 0 Å². The number of rotatable bonds is 1. The van der Waals surface area contributed by atoms with Gasteiger partial charge in [0.1, 0.15) is 10.3 Å². The fourth-order valence-electron chi connectivity index (χ4n) is 1.72. The van der Waals surface area contributed by atoms with E-state index in [0.717, 1.165) is 31.0 Å². The van der Waals surface area contributed by atoms with Gasteiger partial charge in [-0.05, 0) is 24.3 Å². The van der Waals surface area contributed by atoms with Crippen LogP contribution >= 0.6 is 35.0 Å². The Morgan fingerprint density at radius 1 is 1.24 bits per heavy atom. The lowest BCUT2D eigenvalue weighted by molar-refractivity contribution is 0.0768. The molecule has 1 aliphatic heterocycles. The first-order valence-electron chi connectivity index (χ1n) is 5.37. The van der Waals surface area contributed by atoms with Crippen molar-refractivity contribution in [2.45, 2.75) is 6.42 Å². The molecule has 17 heavy (non-hydrogen) atoms. The van der Waals surface area contributed by atoms with Gasteiger partial charge in [0.05, 0.1) is 0 Å². The van der Waals surface area contributed by atoms with Crippen molar-refractivity contribution in [2.24, 2.45) is 0 Å². The average molecular weight is 291 g/mol. The van der Waals surface area contributed by atoms with E-state index in [1.807, 2.05) is 16.7 Å². The Morgan fingerprint density at radius 2 is 1.94 bits per heavy atom. The van der Waals surface area contributed by atoms with Crippen LogP contribution in [0.4, 0.5) is 0 Å². The molecule has 0 radical (unpaired) electrons. The molecule has 1 saturated heterocycles. The number of hydrogen-bond acceptors (Lipinski definition) is 3. The van der Waals surface area contributed by atoms with Crippen LogP contribution in [0, 0.1) is 0 Å². The van der Waals surface area contributed by atoms with E-state index in [1.54, 1.807) is 12.1 Å². The van der Waals surface area contributed by atoms with Gasteiger partial charge in [-0.25, -0.2) is 4.98 Å². The van der Waals surface area contributed by atoms with E-state index in [4.69, 9.17) is 23.2 Å². The highest BCUT2D eigenvalue weighted by molar-refractivity contribution is 7.99. The maximum absolute atomic E-state index is 12.2. The molecule has 92 valence electrons. The fourth-order valence-corrected chi connectivity index (χ4v) is 3.07. The monoisotopic (exact) mass is 290 g/mol. The standard InChI is InChI=1S/C11H12Cl2N2OS/c12-9-6-8(7-10(13)14-9)11(16)15-2-1-4-17-5-3-15/h6-7H,1-5H2. The molecule has 1 aliphatic rings. The highest BCUT2D eigenvalue weighted by Crippen LogP contribution is 2.18. The summed E-state index contributed by atoms with van der Waals surface area (Å²) in [6, 6.07) is 3.13. The Hall–Kier alpha value is -0.450. The van der Waals surface area contributed by atoms with Crippen molar-refractivity contribution in [1.29, 1.82) is 0 Å². The predicted octanol–water partition coefficient (Wildman–Crippen LogP) is 2.97. The first-order valence-corrected chi connectivity index (χ1v) is 7.28. The number of carbonyl (C=O) groups excluding carboxylic acids is 1. The Labute approximate surface area is 114 Å². The minimum atomic E-state index is -0.0151. The first-order chi connectivity index (χ1) is 8.16. The number of thioether (sulfide) groups is 1. The summed E-state index contributed by atoms with van der Waals surface area (Å²) in [6.45, 7) is 1.57. The van der Waals surface area contributed by atoms with Crippen LogP contribution in [-0.2, 0) is 0 Å². The van der Waals surface area contributed by atoms with E-state index >= 15 is 0 Å². The van der Waals surface area contributed by atoms with Gasteiger partial charge in [0, 0.05) is 24.4 Å². The molecule has 0 aromatic carbocycles.